The highest BCUT2D eigenvalue weighted by molar-refractivity contribution is 14.0. The Kier molecular flexibility index (Phi) is 10.4. The van der Waals surface area contributed by atoms with Crippen molar-refractivity contribution in [2.75, 3.05) is 33.7 Å². The minimum Gasteiger partial charge on any atom is -0.352 e. The lowest BCUT2D eigenvalue weighted by atomic mass is 9.88. The van der Waals surface area contributed by atoms with Crippen LogP contribution >= 0.6 is 35.3 Å². The summed E-state index contributed by atoms with van der Waals surface area (Å²) in [7, 11) is 3.46. The maximum absolute atomic E-state index is 12.8. The number of likely N-dealkylation sites (N-methyl/N-ethyl adjacent to an activating group) is 1. The van der Waals surface area contributed by atoms with Crippen LogP contribution in [0, 0.1) is 5.92 Å². The quantitative estimate of drug-likeness (QED) is 0.326. The molecule has 1 saturated heterocycles. The number of guanidine groups is 1. The molecule has 0 aromatic carbocycles. The van der Waals surface area contributed by atoms with Crippen molar-refractivity contribution in [2.24, 2.45) is 10.9 Å². The van der Waals surface area contributed by atoms with Gasteiger partial charge in [-0.2, -0.15) is 0 Å². The van der Waals surface area contributed by atoms with Crippen molar-refractivity contribution >= 4 is 53.1 Å². The molecule has 3 rings (SSSR count). The molecule has 1 aliphatic heterocycles. The molecule has 7 nitrogen and oxygen atoms in total. The molecule has 1 aromatic heterocycles. The second-order valence-corrected chi connectivity index (χ2v) is 9.17. The molecule has 0 spiro atoms. The van der Waals surface area contributed by atoms with Gasteiger partial charge in [-0.05, 0) is 30.7 Å². The fraction of sp³-hybridized carbons (Fsp3) is 0.667. The maximum atomic E-state index is 12.8. The van der Waals surface area contributed by atoms with Gasteiger partial charge < -0.3 is 20.4 Å². The van der Waals surface area contributed by atoms with E-state index < -0.39 is 0 Å². The minimum atomic E-state index is -0.0391. The third-order valence-corrected chi connectivity index (χ3v) is 6.55. The predicted octanol–water partition coefficient (Wildman–Crippen LogP) is 2.67. The molecule has 30 heavy (non-hydrogen) atoms. The van der Waals surface area contributed by atoms with Gasteiger partial charge in [0.15, 0.2) is 5.96 Å². The number of carbonyl (C=O) groups is 2. The lowest BCUT2D eigenvalue weighted by Gasteiger charge is -2.26. The summed E-state index contributed by atoms with van der Waals surface area (Å²) < 4.78 is 0. The Labute approximate surface area is 200 Å². The van der Waals surface area contributed by atoms with Gasteiger partial charge in [0.1, 0.15) is 6.54 Å². The molecule has 1 atom stereocenters. The van der Waals surface area contributed by atoms with Gasteiger partial charge in [0, 0.05) is 44.0 Å². The molecule has 2 amide bonds. The Hall–Kier alpha value is -1.36. The molecule has 168 valence electrons. The monoisotopic (exact) mass is 547 g/mol. The van der Waals surface area contributed by atoms with E-state index in [1.54, 1.807) is 30.3 Å². The van der Waals surface area contributed by atoms with Crippen molar-refractivity contribution in [1.82, 2.24) is 20.4 Å². The van der Waals surface area contributed by atoms with Crippen LogP contribution in [0.1, 0.15) is 43.4 Å². The van der Waals surface area contributed by atoms with E-state index in [2.05, 4.69) is 21.7 Å². The largest absolute Gasteiger partial charge is 0.352 e. The van der Waals surface area contributed by atoms with Crippen LogP contribution in [0.2, 0.25) is 0 Å². The second kappa shape index (κ2) is 12.5. The van der Waals surface area contributed by atoms with Crippen LogP contribution in [0.25, 0.3) is 0 Å². The zero-order valence-electron chi connectivity index (χ0n) is 17.9. The average Bonchev–Trinajstić information content (AvgIpc) is 3.42. The minimum absolute atomic E-state index is 0. The Balaban J connectivity index is 0.00000320. The van der Waals surface area contributed by atoms with Gasteiger partial charge in [-0.1, -0.05) is 25.3 Å². The Morgan fingerprint density at radius 1 is 1.23 bits per heavy atom. The molecule has 1 aromatic rings. The van der Waals surface area contributed by atoms with Gasteiger partial charge >= 0.3 is 0 Å². The number of thiophene rings is 1. The van der Waals surface area contributed by atoms with E-state index in [1.165, 1.54) is 24.1 Å². The number of rotatable bonds is 6. The highest BCUT2D eigenvalue weighted by Gasteiger charge is 2.31. The number of halogens is 1. The zero-order chi connectivity index (χ0) is 20.6. The molecule has 2 fully saturated rings. The summed E-state index contributed by atoms with van der Waals surface area (Å²) in [6.45, 7) is 2.26. The fourth-order valence-corrected chi connectivity index (χ4v) is 4.55. The van der Waals surface area contributed by atoms with E-state index in [0.29, 0.717) is 25.0 Å². The van der Waals surface area contributed by atoms with E-state index in [0.717, 1.165) is 25.8 Å². The van der Waals surface area contributed by atoms with Crippen LogP contribution in [0.3, 0.4) is 0 Å². The molecule has 1 aliphatic carbocycles. The summed E-state index contributed by atoms with van der Waals surface area (Å²) in [6, 6.07) is 4.25. The Morgan fingerprint density at radius 3 is 2.67 bits per heavy atom. The first-order chi connectivity index (χ1) is 14.0. The van der Waals surface area contributed by atoms with Crippen molar-refractivity contribution in [3.8, 4) is 0 Å². The van der Waals surface area contributed by atoms with Crippen molar-refractivity contribution in [3.63, 3.8) is 0 Å². The average molecular weight is 548 g/mol. The number of amides is 2. The summed E-state index contributed by atoms with van der Waals surface area (Å²) in [6.07, 6.45) is 6.59. The lowest BCUT2D eigenvalue weighted by molar-refractivity contribution is -0.135. The van der Waals surface area contributed by atoms with E-state index >= 15 is 0 Å². The number of hydrogen-bond acceptors (Lipinski definition) is 4. The highest BCUT2D eigenvalue weighted by atomic mass is 127. The van der Waals surface area contributed by atoms with Crippen molar-refractivity contribution in [2.45, 2.75) is 51.1 Å². The van der Waals surface area contributed by atoms with Gasteiger partial charge in [0.25, 0.3) is 0 Å². The van der Waals surface area contributed by atoms with Crippen LogP contribution < -0.4 is 10.6 Å². The standard InChI is InChI=1S/C21H33N5O2S.HI/c1-25(2)19(27)14-23-21(22-13-18-9-6-12-29-18)24-17-10-11-26(15-17)20(28)16-7-4-3-5-8-16;/h6,9,12,16-17H,3-5,7-8,10-11,13-15H2,1-2H3,(H2,22,23,24);1H. The van der Waals surface area contributed by atoms with E-state index in [4.69, 9.17) is 0 Å². The first kappa shape index (κ1) is 24.9. The molecule has 2 heterocycles. The van der Waals surface area contributed by atoms with Crippen molar-refractivity contribution in [1.29, 1.82) is 0 Å². The second-order valence-electron chi connectivity index (χ2n) is 8.14. The predicted molar refractivity (Wildman–Crippen MR) is 132 cm³/mol. The van der Waals surface area contributed by atoms with Crippen LogP contribution in [-0.2, 0) is 16.1 Å². The molecule has 1 saturated carbocycles. The number of carbonyl (C=O) groups excluding carboxylic acids is 2. The summed E-state index contributed by atoms with van der Waals surface area (Å²) in [4.78, 5) is 34.0. The molecule has 1 unspecified atom stereocenters. The lowest BCUT2D eigenvalue weighted by Crippen LogP contribution is -2.45. The summed E-state index contributed by atoms with van der Waals surface area (Å²) in [5.41, 5.74) is 0. The van der Waals surface area contributed by atoms with Gasteiger partial charge in [-0.15, -0.1) is 35.3 Å². The van der Waals surface area contributed by atoms with Gasteiger partial charge in [0.2, 0.25) is 11.8 Å². The molecular formula is C21H34IN5O2S. The van der Waals surface area contributed by atoms with E-state index in [1.807, 2.05) is 16.3 Å². The summed E-state index contributed by atoms with van der Waals surface area (Å²) in [5.74, 6) is 1.13. The maximum Gasteiger partial charge on any atom is 0.243 e. The highest BCUT2D eigenvalue weighted by Crippen LogP contribution is 2.26. The van der Waals surface area contributed by atoms with E-state index in [9.17, 15) is 9.59 Å². The smallest absolute Gasteiger partial charge is 0.243 e. The van der Waals surface area contributed by atoms with Crippen LogP contribution in [0.15, 0.2) is 22.5 Å². The number of nitrogens with zero attached hydrogens (tertiary/aromatic N) is 3. The number of aliphatic imine (C=N–C) groups is 1. The Morgan fingerprint density at radius 2 is 2.00 bits per heavy atom. The summed E-state index contributed by atoms with van der Waals surface area (Å²) in [5, 5.41) is 8.81. The molecule has 9 heteroatoms. The number of likely N-dealkylation sites (tertiary alicyclic amines) is 1. The van der Waals surface area contributed by atoms with Crippen LogP contribution in [0.5, 0.6) is 0 Å². The summed E-state index contributed by atoms with van der Waals surface area (Å²) >= 11 is 1.68. The van der Waals surface area contributed by atoms with Gasteiger partial charge in [-0.25, -0.2) is 4.99 Å². The third kappa shape index (κ3) is 7.40. The van der Waals surface area contributed by atoms with Crippen LogP contribution in [0.4, 0.5) is 0 Å². The van der Waals surface area contributed by atoms with Gasteiger partial charge in [-0.3, -0.25) is 9.59 Å². The molecule has 0 bridgehead atoms. The SMILES string of the molecule is CN(C)C(=O)CN=C(NCc1cccs1)NC1CCN(C(=O)C2CCCCC2)C1.I. The topological polar surface area (TPSA) is 77.0 Å². The first-order valence-electron chi connectivity index (χ1n) is 10.6. The van der Waals surface area contributed by atoms with Gasteiger partial charge in [0.05, 0.1) is 6.54 Å². The molecular weight excluding hydrogens is 513 g/mol. The van der Waals surface area contributed by atoms with Crippen LogP contribution in [-0.4, -0.2) is 67.3 Å². The van der Waals surface area contributed by atoms with E-state index in [-0.39, 0.29) is 48.4 Å². The normalized spacial score (nSPS) is 19.9. The molecule has 2 aliphatic rings. The Bertz CT molecular complexity index is 704. The molecule has 2 N–H and O–H groups in total. The fourth-order valence-electron chi connectivity index (χ4n) is 3.90. The van der Waals surface area contributed by atoms with Crippen molar-refractivity contribution in [3.05, 3.63) is 22.4 Å². The zero-order valence-corrected chi connectivity index (χ0v) is 21.1. The molecule has 0 radical (unpaired) electrons. The third-order valence-electron chi connectivity index (χ3n) is 5.68. The number of nitrogens with one attached hydrogen (secondary N) is 2. The first-order valence-corrected chi connectivity index (χ1v) is 11.5. The van der Waals surface area contributed by atoms with Crippen molar-refractivity contribution < 1.29 is 9.59 Å². The number of hydrogen-bond donors (Lipinski definition) is 2.